The summed E-state index contributed by atoms with van der Waals surface area (Å²) in [6.45, 7) is 8.19. The molecular formula is C14H25N3O. The Morgan fingerprint density at radius 3 is 3.22 bits per heavy atom. The van der Waals surface area contributed by atoms with Crippen LogP contribution in [0.2, 0.25) is 0 Å². The molecule has 18 heavy (non-hydrogen) atoms. The highest BCUT2D eigenvalue weighted by Crippen LogP contribution is 2.13. The van der Waals surface area contributed by atoms with Crippen LogP contribution in [0.15, 0.2) is 12.3 Å². The summed E-state index contributed by atoms with van der Waals surface area (Å²) in [4.78, 5) is 0. The van der Waals surface area contributed by atoms with E-state index in [2.05, 4.69) is 30.3 Å². The van der Waals surface area contributed by atoms with E-state index in [1.807, 2.05) is 10.9 Å². The zero-order chi connectivity index (χ0) is 12.8. The molecular weight excluding hydrogens is 226 g/mol. The summed E-state index contributed by atoms with van der Waals surface area (Å²) in [7, 11) is 0. The first-order valence-corrected chi connectivity index (χ1v) is 7.12. The van der Waals surface area contributed by atoms with Crippen LogP contribution in [0.4, 0.5) is 0 Å². The van der Waals surface area contributed by atoms with E-state index < -0.39 is 0 Å². The van der Waals surface area contributed by atoms with Crippen LogP contribution >= 0.6 is 0 Å². The Hall–Kier alpha value is -0.870. The molecule has 0 radical (unpaired) electrons. The molecule has 0 bridgehead atoms. The second-order valence-corrected chi connectivity index (χ2v) is 5.24. The lowest BCUT2D eigenvalue weighted by molar-refractivity contribution is 0.106. The van der Waals surface area contributed by atoms with Crippen LogP contribution in [0, 0.1) is 5.92 Å². The van der Waals surface area contributed by atoms with Crippen LogP contribution in [0.1, 0.15) is 44.8 Å². The molecule has 4 heteroatoms. The molecule has 4 nitrogen and oxygen atoms in total. The molecule has 1 fully saturated rings. The average Bonchev–Trinajstić information content (AvgIpc) is 3.05. The smallest absolute Gasteiger partial charge is 0.0906 e. The molecule has 1 aromatic heterocycles. The minimum atomic E-state index is 0.475. The third-order valence-electron chi connectivity index (χ3n) is 3.79. The van der Waals surface area contributed by atoms with Crippen LogP contribution in [-0.4, -0.2) is 29.5 Å². The van der Waals surface area contributed by atoms with E-state index in [1.165, 1.54) is 19.4 Å². The first-order valence-electron chi connectivity index (χ1n) is 7.12. The molecule has 0 aromatic carbocycles. The van der Waals surface area contributed by atoms with Gasteiger partial charge in [0, 0.05) is 18.8 Å². The standard InChI is InChI=1S/C14H25N3O/c1-3-12(2)17-8-5-14(16-17)11-18-9-6-13-4-7-15-10-13/h5,8,12-13,15H,3-4,6-7,9-11H2,1-2H3. The molecule has 0 saturated carbocycles. The van der Waals surface area contributed by atoms with Crippen LogP contribution in [0.3, 0.4) is 0 Å². The van der Waals surface area contributed by atoms with Crippen LogP contribution in [0.25, 0.3) is 0 Å². The molecule has 1 aromatic rings. The molecule has 1 saturated heterocycles. The van der Waals surface area contributed by atoms with Gasteiger partial charge in [-0.25, -0.2) is 0 Å². The fourth-order valence-corrected chi connectivity index (χ4v) is 2.27. The lowest BCUT2D eigenvalue weighted by Crippen LogP contribution is -2.11. The van der Waals surface area contributed by atoms with Gasteiger partial charge < -0.3 is 10.1 Å². The predicted molar refractivity (Wildman–Crippen MR) is 72.5 cm³/mol. The quantitative estimate of drug-likeness (QED) is 0.756. The van der Waals surface area contributed by atoms with Gasteiger partial charge in [-0.15, -0.1) is 0 Å². The maximum atomic E-state index is 5.70. The molecule has 0 spiro atoms. The molecule has 2 unspecified atom stereocenters. The van der Waals surface area contributed by atoms with Crippen LogP contribution in [-0.2, 0) is 11.3 Å². The Morgan fingerprint density at radius 2 is 2.50 bits per heavy atom. The zero-order valence-electron chi connectivity index (χ0n) is 11.6. The fraction of sp³-hybridized carbons (Fsp3) is 0.786. The van der Waals surface area contributed by atoms with Crippen molar-refractivity contribution in [3.8, 4) is 0 Å². The number of ether oxygens (including phenoxy) is 1. The molecule has 0 amide bonds. The van der Waals surface area contributed by atoms with Gasteiger partial charge in [0.05, 0.1) is 12.3 Å². The van der Waals surface area contributed by atoms with Crippen molar-refractivity contribution in [2.24, 2.45) is 5.92 Å². The summed E-state index contributed by atoms with van der Waals surface area (Å²) in [5, 5.41) is 7.91. The minimum Gasteiger partial charge on any atom is -0.375 e. The Labute approximate surface area is 110 Å². The molecule has 1 N–H and O–H groups in total. The topological polar surface area (TPSA) is 39.1 Å². The lowest BCUT2D eigenvalue weighted by atomic mass is 10.1. The second-order valence-electron chi connectivity index (χ2n) is 5.24. The van der Waals surface area contributed by atoms with Gasteiger partial charge in [-0.3, -0.25) is 4.68 Å². The molecule has 2 rings (SSSR count). The van der Waals surface area contributed by atoms with E-state index in [4.69, 9.17) is 4.74 Å². The largest absolute Gasteiger partial charge is 0.375 e. The monoisotopic (exact) mass is 251 g/mol. The van der Waals surface area contributed by atoms with Gasteiger partial charge >= 0.3 is 0 Å². The molecule has 1 aliphatic rings. The highest BCUT2D eigenvalue weighted by atomic mass is 16.5. The summed E-state index contributed by atoms with van der Waals surface area (Å²) in [6.07, 6.45) is 5.62. The predicted octanol–water partition coefficient (Wildman–Crippen LogP) is 2.37. The number of hydrogen-bond donors (Lipinski definition) is 1. The van der Waals surface area contributed by atoms with Crippen molar-refractivity contribution in [1.82, 2.24) is 15.1 Å². The Bertz CT molecular complexity index is 345. The molecule has 2 heterocycles. The van der Waals surface area contributed by atoms with E-state index in [-0.39, 0.29) is 0 Å². The third-order valence-corrected chi connectivity index (χ3v) is 3.79. The van der Waals surface area contributed by atoms with Gasteiger partial charge in [0.2, 0.25) is 0 Å². The van der Waals surface area contributed by atoms with Crippen LogP contribution < -0.4 is 5.32 Å². The van der Waals surface area contributed by atoms with E-state index in [0.29, 0.717) is 12.6 Å². The number of aromatic nitrogens is 2. The average molecular weight is 251 g/mol. The van der Waals surface area contributed by atoms with E-state index >= 15 is 0 Å². The van der Waals surface area contributed by atoms with Crippen molar-refractivity contribution in [3.63, 3.8) is 0 Å². The summed E-state index contributed by atoms with van der Waals surface area (Å²) in [5.41, 5.74) is 1.04. The van der Waals surface area contributed by atoms with Crippen molar-refractivity contribution >= 4 is 0 Å². The van der Waals surface area contributed by atoms with Crippen molar-refractivity contribution in [2.45, 2.75) is 45.8 Å². The Kier molecular flexibility index (Phi) is 5.20. The van der Waals surface area contributed by atoms with Gasteiger partial charge in [0.1, 0.15) is 0 Å². The first kappa shape index (κ1) is 13.6. The number of rotatable bonds is 7. The van der Waals surface area contributed by atoms with Gasteiger partial charge in [-0.05, 0) is 51.3 Å². The fourth-order valence-electron chi connectivity index (χ4n) is 2.27. The van der Waals surface area contributed by atoms with Gasteiger partial charge in [-0.2, -0.15) is 5.10 Å². The van der Waals surface area contributed by atoms with Gasteiger partial charge in [-0.1, -0.05) is 6.92 Å². The van der Waals surface area contributed by atoms with Crippen molar-refractivity contribution in [2.75, 3.05) is 19.7 Å². The van der Waals surface area contributed by atoms with Gasteiger partial charge in [0.15, 0.2) is 0 Å². The third kappa shape index (κ3) is 3.82. The van der Waals surface area contributed by atoms with E-state index in [0.717, 1.165) is 31.2 Å². The summed E-state index contributed by atoms with van der Waals surface area (Å²) < 4.78 is 7.73. The van der Waals surface area contributed by atoms with Crippen molar-refractivity contribution in [3.05, 3.63) is 18.0 Å². The summed E-state index contributed by atoms with van der Waals surface area (Å²) >= 11 is 0. The summed E-state index contributed by atoms with van der Waals surface area (Å²) in [5.74, 6) is 0.808. The minimum absolute atomic E-state index is 0.475. The molecule has 1 aliphatic heterocycles. The highest BCUT2D eigenvalue weighted by Gasteiger charge is 2.13. The molecule has 102 valence electrons. The van der Waals surface area contributed by atoms with E-state index in [9.17, 15) is 0 Å². The number of nitrogens with zero attached hydrogens (tertiary/aromatic N) is 2. The Balaban J connectivity index is 1.65. The maximum absolute atomic E-state index is 5.70. The second kappa shape index (κ2) is 6.90. The molecule has 2 atom stereocenters. The SMILES string of the molecule is CCC(C)n1ccc(COCCC2CCNC2)n1. The maximum Gasteiger partial charge on any atom is 0.0906 e. The van der Waals surface area contributed by atoms with Crippen molar-refractivity contribution in [1.29, 1.82) is 0 Å². The summed E-state index contributed by atoms with van der Waals surface area (Å²) in [6, 6.07) is 2.53. The first-order chi connectivity index (χ1) is 8.79. The van der Waals surface area contributed by atoms with E-state index in [1.54, 1.807) is 0 Å². The lowest BCUT2D eigenvalue weighted by Gasteiger charge is -2.09. The number of hydrogen-bond acceptors (Lipinski definition) is 3. The van der Waals surface area contributed by atoms with Crippen molar-refractivity contribution < 1.29 is 4.74 Å². The molecule has 0 aliphatic carbocycles. The van der Waals surface area contributed by atoms with Crippen LogP contribution in [0.5, 0.6) is 0 Å². The zero-order valence-corrected chi connectivity index (χ0v) is 11.6. The number of nitrogens with one attached hydrogen (secondary N) is 1. The highest BCUT2D eigenvalue weighted by molar-refractivity contribution is 4.97. The normalized spacial score (nSPS) is 21.3. The van der Waals surface area contributed by atoms with Gasteiger partial charge in [0.25, 0.3) is 0 Å². The Morgan fingerprint density at radius 1 is 1.61 bits per heavy atom.